The minimum absolute atomic E-state index is 0.509. The molecule has 0 radical (unpaired) electrons. The Morgan fingerprint density at radius 2 is 2.40 bits per heavy atom. The van der Waals surface area contributed by atoms with Gasteiger partial charge in [0.1, 0.15) is 0 Å². The van der Waals surface area contributed by atoms with Gasteiger partial charge in [0.15, 0.2) is 0 Å². The van der Waals surface area contributed by atoms with Crippen LogP contribution < -0.4 is 5.32 Å². The van der Waals surface area contributed by atoms with Gasteiger partial charge in [-0.2, -0.15) is 0 Å². The summed E-state index contributed by atoms with van der Waals surface area (Å²) in [7, 11) is 0. The zero-order valence-electron chi connectivity index (χ0n) is 6.47. The van der Waals surface area contributed by atoms with E-state index in [1.165, 1.54) is 19.4 Å². The molecule has 0 aromatic carbocycles. The van der Waals surface area contributed by atoms with Crippen molar-refractivity contribution >= 4 is 0 Å². The summed E-state index contributed by atoms with van der Waals surface area (Å²) in [6.07, 6.45) is 3.57. The van der Waals surface area contributed by atoms with Crippen LogP contribution in [0.3, 0.4) is 0 Å². The quantitative estimate of drug-likeness (QED) is 0.538. The van der Waals surface area contributed by atoms with Crippen molar-refractivity contribution in [2.75, 3.05) is 13.1 Å². The zero-order valence-corrected chi connectivity index (χ0v) is 6.47. The highest BCUT2D eigenvalue weighted by Gasteiger charge is 2.34. The van der Waals surface area contributed by atoms with Gasteiger partial charge in [0.25, 0.3) is 0 Å². The Hall–Kier alpha value is -0.0800. The van der Waals surface area contributed by atoms with Crippen LogP contribution in [-0.4, -0.2) is 25.3 Å². The van der Waals surface area contributed by atoms with E-state index in [-0.39, 0.29) is 0 Å². The predicted octanol–water partition coefficient (Wildman–Crippen LogP) is 0.773. The molecule has 58 valence electrons. The first-order valence-corrected chi connectivity index (χ1v) is 4.22. The molecule has 2 nitrogen and oxygen atoms in total. The predicted molar refractivity (Wildman–Crippen MR) is 39.9 cm³/mol. The minimum atomic E-state index is 0.509. The first kappa shape index (κ1) is 6.62. The molecule has 2 aliphatic rings. The van der Waals surface area contributed by atoms with Gasteiger partial charge in [-0.25, -0.2) is 0 Å². The van der Waals surface area contributed by atoms with Crippen molar-refractivity contribution in [1.29, 1.82) is 0 Å². The molecule has 2 heteroatoms. The van der Waals surface area contributed by atoms with Crippen LogP contribution in [0, 0.1) is 5.92 Å². The second-order valence-electron chi connectivity index (χ2n) is 3.47. The van der Waals surface area contributed by atoms with Gasteiger partial charge in [0.05, 0.1) is 12.2 Å². The number of hydrogen-bond acceptors (Lipinski definition) is 2. The van der Waals surface area contributed by atoms with E-state index in [0.717, 1.165) is 12.5 Å². The fraction of sp³-hybridized carbons (Fsp3) is 1.00. The molecule has 3 atom stereocenters. The van der Waals surface area contributed by atoms with Crippen molar-refractivity contribution < 1.29 is 4.74 Å². The number of rotatable bonds is 0. The van der Waals surface area contributed by atoms with Gasteiger partial charge < -0.3 is 10.1 Å². The molecule has 0 aromatic rings. The Balaban J connectivity index is 1.97. The summed E-state index contributed by atoms with van der Waals surface area (Å²) in [5, 5.41) is 3.40. The molecular formula is C8H15NO. The Bertz CT molecular complexity index is 112. The smallest absolute Gasteiger partial charge is 0.0632 e. The SMILES string of the molecule is C[C@@H]1C[C@@H]2CNCC[C@@H]2O1. The summed E-state index contributed by atoms with van der Waals surface area (Å²) in [5.74, 6) is 0.809. The lowest BCUT2D eigenvalue weighted by Crippen LogP contribution is -2.37. The summed E-state index contributed by atoms with van der Waals surface area (Å²) >= 11 is 0. The zero-order chi connectivity index (χ0) is 6.97. The largest absolute Gasteiger partial charge is 0.375 e. The molecule has 2 heterocycles. The monoisotopic (exact) mass is 141 g/mol. The van der Waals surface area contributed by atoms with Crippen molar-refractivity contribution in [3.63, 3.8) is 0 Å². The van der Waals surface area contributed by atoms with Crippen LogP contribution >= 0.6 is 0 Å². The number of hydrogen-bond donors (Lipinski definition) is 1. The molecular weight excluding hydrogens is 126 g/mol. The van der Waals surface area contributed by atoms with Gasteiger partial charge in [-0.3, -0.25) is 0 Å². The second kappa shape index (κ2) is 2.51. The Morgan fingerprint density at radius 1 is 1.50 bits per heavy atom. The second-order valence-corrected chi connectivity index (χ2v) is 3.47. The van der Waals surface area contributed by atoms with Gasteiger partial charge in [-0.15, -0.1) is 0 Å². The lowest BCUT2D eigenvalue weighted by Gasteiger charge is -2.24. The Kier molecular flexibility index (Phi) is 1.66. The summed E-state index contributed by atoms with van der Waals surface area (Å²) < 4.78 is 5.73. The number of fused-ring (bicyclic) bond motifs is 1. The van der Waals surface area contributed by atoms with Crippen LogP contribution in [0.2, 0.25) is 0 Å². The van der Waals surface area contributed by atoms with Crippen LogP contribution in [0.4, 0.5) is 0 Å². The fourth-order valence-electron chi connectivity index (χ4n) is 2.09. The van der Waals surface area contributed by atoms with E-state index in [9.17, 15) is 0 Å². The molecule has 0 aliphatic carbocycles. The summed E-state index contributed by atoms with van der Waals surface area (Å²) in [6, 6.07) is 0. The standard InChI is InChI=1S/C8H15NO/c1-6-4-7-5-9-3-2-8(7)10-6/h6-9H,2-5H2,1H3/t6-,7-,8+/m1/s1. The normalized spacial score (nSPS) is 47.1. The molecule has 1 N–H and O–H groups in total. The number of piperidine rings is 1. The van der Waals surface area contributed by atoms with Crippen molar-refractivity contribution in [2.24, 2.45) is 5.92 Å². The van der Waals surface area contributed by atoms with E-state index in [2.05, 4.69) is 12.2 Å². The van der Waals surface area contributed by atoms with Crippen molar-refractivity contribution in [1.82, 2.24) is 5.32 Å². The summed E-state index contributed by atoms with van der Waals surface area (Å²) in [5.41, 5.74) is 0. The summed E-state index contributed by atoms with van der Waals surface area (Å²) in [4.78, 5) is 0. The molecule has 0 amide bonds. The molecule has 0 saturated carbocycles. The molecule has 0 spiro atoms. The van der Waals surface area contributed by atoms with Gasteiger partial charge in [0, 0.05) is 12.5 Å². The van der Waals surface area contributed by atoms with E-state index >= 15 is 0 Å². The molecule has 2 aliphatic heterocycles. The first-order valence-electron chi connectivity index (χ1n) is 4.22. The lowest BCUT2D eigenvalue weighted by molar-refractivity contribution is 0.0312. The van der Waals surface area contributed by atoms with Crippen molar-refractivity contribution in [3.8, 4) is 0 Å². The van der Waals surface area contributed by atoms with Crippen LogP contribution in [0.15, 0.2) is 0 Å². The van der Waals surface area contributed by atoms with Crippen LogP contribution in [0.5, 0.6) is 0 Å². The van der Waals surface area contributed by atoms with Crippen molar-refractivity contribution in [2.45, 2.75) is 32.0 Å². The fourth-order valence-corrected chi connectivity index (χ4v) is 2.09. The first-order chi connectivity index (χ1) is 4.86. The maximum atomic E-state index is 5.73. The van der Waals surface area contributed by atoms with E-state index in [1.54, 1.807) is 0 Å². The molecule has 2 rings (SSSR count). The third-order valence-electron chi connectivity index (χ3n) is 2.58. The lowest BCUT2D eigenvalue weighted by atomic mass is 9.95. The van der Waals surface area contributed by atoms with Crippen LogP contribution in [0.1, 0.15) is 19.8 Å². The Labute approximate surface area is 61.9 Å². The summed E-state index contributed by atoms with van der Waals surface area (Å²) in [6.45, 7) is 4.50. The topological polar surface area (TPSA) is 21.3 Å². The molecule has 2 fully saturated rings. The van der Waals surface area contributed by atoms with E-state index < -0.39 is 0 Å². The van der Waals surface area contributed by atoms with Gasteiger partial charge in [-0.1, -0.05) is 0 Å². The number of nitrogens with one attached hydrogen (secondary N) is 1. The molecule has 10 heavy (non-hydrogen) atoms. The van der Waals surface area contributed by atoms with Crippen LogP contribution in [0.25, 0.3) is 0 Å². The molecule has 0 aromatic heterocycles. The third kappa shape index (κ3) is 1.06. The van der Waals surface area contributed by atoms with E-state index in [4.69, 9.17) is 4.74 Å². The van der Waals surface area contributed by atoms with Gasteiger partial charge in [-0.05, 0) is 26.3 Å². The van der Waals surface area contributed by atoms with Crippen molar-refractivity contribution in [3.05, 3.63) is 0 Å². The van der Waals surface area contributed by atoms with E-state index in [0.29, 0.717) is 12.2 Å². The number of ether oxygens (including phenoxy) is 1. The highest BCUT2D eigenvalue weighted by molar-refractivity contribution is 4.85. The highest BCUT2D eigenvalue weighted by Crippen LogP contribution is 2.29. The van der Waals surface area contributed by atoms with Gasteiger partial charge in [0.2, 0.25) is 0 Å². The maximum absolute atomic E-state index is 5.73. The van der Waals surface area contributed by atoms with Gasteiger partial charge >= 0.3 is 0 Å². The average Bonchev–Trinajstić information content (AvgIpc) is 2.27. The Morgan fingerprint density at radius 3 is 3.20 bits per heavy atom. The average molecular weight is 141 g/mol. The minimum Gasteiger partial charge on any atom is -0.375 e. The molecule has 0 bridgehead atoms. The molecule has 0 unspecified atom stereocenters. The highest BCUT2D eigenvalue weighted by atomic mass is 16.5. The molecule has 2 saturated heterocycles. The van der Waals surface area contributed by atoms with E-state index in [1.807, 2.05) is 0 Å². The van der Waals surface area contributed by atoms with Crippen LogP contribution in [-0.2, 0) is 4.74 Å². The third-order valence-corrected chi connectivity index (χ3v) is 2.58. The maximum Gasteiger partial charge on any atom is 0.0632 e.